The van der Waals surface area contributed by atoms with Crippen molar-refractivity contribution in [1.29, 1.82) is 0 Å². The van der Waals surface area contributed by atoms with E-state index in [9.17, 15) is 4.79 Å². The molecule has 0 aliphatic rings. The Labute approximate surface area is 94.7 Å². The minimum absolute atomic E-state index is 0.0543. The second-order valence-corrected chi connectivity index (χ2v) is 3.54. The topological polar surface area (TPSA) is 63.4 Å². The smallest absolute Gasteiger partial charge is 0.252 e. The van der Waals surface area contributed by atoms with Crippen molar-refractivity contribution in [2.75, 3.05) is 13.3 Å². The van der Waals surface area contributed by atoms with Crippen molar-refractivity contribution < 1.29 is 9.78 Å². The van der Waals surface area contributed by atoms with Crippen molar-refractivity contribution in [1.82, 2.24) is 10.3 Å². The van der Waals surface area contributed by atoms with Gasteiger partial charge >= 0.3 is 0 Å². The van der Waals surface area contributed by atoms with E-state index < -0.39 is 0 Å². The summed E-state index contributed by atoms with van der Waals surface area (Å²) in [6.45, 7) is 6.86. The molecule has 0 amide bonds. The molecule has 0 radical (unpaired) electrons. The number of H-pyrrole nitrogens is 1. The number of aromatic amines is 1. The number of aryl methyl sites for hydroxylation is 2. The van der Waals surface area contributed by atoms with Crippen LogP contribution in [0.15, 0.2) is 10.9 Å². The molecule has 2 N–H and O–H groups in total. The minimum Gasteiger partial charge on any atom is -0.326 e. The van der Waals surface area contributed by atoms with Gasteiger partial charge in [0.1, 0.15) is 6.73 Å². The van der Waals surface area contributed by atoms with Gasteiger partial charge in [-0.1, -0.05) is 0 Å². The fourth-order valence-electron chi connectivity index (χ4n) is 1.44. The standard InChI is InChI=1S/C11H18N2O3/c1-4-15-16-7-12-6-10-8(2)5-9(3)13-11(10)14/h5,12H,4,6-7H2,1-3H3,(H,13,14). The van der Waals surface area contributed by atoms with Gasteiger partial charge in [-0.15, -0.1) is 0 Å². The number of hydrogen-bond donors (Lipinski definition) is 2. The summed E-state index contributed by atoms with van der Waals surface area (Å²) in [5.74, 6) is 0. The highest BCUT2D eigenvalue weighted by Gasteiger charge is 2.04. The zero-order chi connectivity index (χ0) is 12.0. The van der Waals surface area contributed by atoms with E-state index >= 15 is 0 Å². The molecule has 1 rings (SSSR count). The SMILES string of the molecule is CCOOCNCc1c(C)cc(C)[nH]c1=O. The molecule has 0 bridgehead atoms. The predicted octanol–water partition coefficient (Wildman–Crippen LogP) is 1.01. The van der Waals surface area contributed by atoms with Gasteiger partial charge in [-0.3, -0.25) is 10.1 Å². The maximum atomic E-state index is 11.6. The Morgan fingerprint density at radius 3 is 2.75 bits per heavy atom. The average Bonchev–Trinajstić information content (AvgIpc) is 2.20. The van der Waals surface area contributed by atoms with Gasteiger partial charge in [0.25, 0.3) is 5.56 Å². The number of rotatable bonds is 6. The van der Waals surface area contributed by atoms with Crippen LogP contribution in [0.5, 0.6) is 0 Å². The van der Waals surface area contributed by atoms with Gasteiger partial charge in [0.2, 0.25) is 0 Å². The Morgan fingerprint density at radius 2 is 2.12 bits per heavy atom. The fraction of sp³-hybridized carbons (Fsp3) is 0.545. The van der Waals surface area contributed by atoms with Crippen LogP contribution in [0, 0.1) is 13.8 Å². The molecule has 1 aromatic rings. The van der Waals surface area contributed by atoms with Crippen LogP contribution in [-0.2, 0) is 16.3 Å². The van der Waals surface area contributed by atoms with Crippen molar-refractivity contribution in [2.24, 2.45) is 0 Å². The van der Waals surface area contributed by atoms with Crippen molar-refractivity contribution in [2.45, 2.75) is 27.3 Å². The van der Waals surface area contributed by atoms with Crippen LogP contribution in [-0.4, -0.2) is 18.3 Å². The number of aromatic nitrogens is 1. The predicted molar refractivity (Wildman–Crippen MR) is 61.0 cm³/mol. The lowest BCUT2D eigenvalue weighted by molar-refractivity contribution is -0.295. The number of pyridine rings is 1. The van der Waals surface area contributed by atoms with E-state index in [2.05, 4.69) is 10.3 Å². The maximum Gasteiger partial charge on any atom is 0.252 e. The molecule has 1 heterocycles. The van der Waals surface area contributed by atoms with Crippen LogP contribution in [0.2, 0.25) is 0 Å². The fourth-order valence-corrected chi connectivity index (χ4v) is 1.44. The highest BCUT2D eigenvalue weighted by atomic mass is 17.2. The molecule has 1 aromatic heterocycles. The van der Waals surface area contributed by atoms with Gasteiger partial charge in [0, 0.05) is 17.8 Å². The van der Waals surface area contributed by atoms with E-state index in [1.807, 2.05) is 26.8 Å². The molecule has 0 saturated carbocycles. The lowest BCUT2D eigenvalue weighted by atomic mass is 10.1. The largest absolute Gasteiger partial charge is 0.326 e. The van der Waals surface area contributed by atoms with Gasteiger partial charge < -0.3 is 4.98 Å². The van der Waals surface area contributed by atoms with E-state index in [-0.39, 0.29) is 12.3 Å². The minimum atomic E-state index is -0.0543. The Bertz CT molecular complexity index is 387. The van der Waals surface area contributed by atoms with Crippen LogP contribution in [0.4, 0.5) is 0 Å². The summed E-state index contributed by atoms with van der Waals surface area (Å²) in [4.78, 5) is 23.9. The Morgan fingerprint density at radius 1 is 1.38 bits per heavy atom. The molecule has 0 spiro atoms. The summed E-state index contributed by atoms with van der Waals surface area (Å²) in [5, 5.41) is 2.97. The van der Waals surface area contributed by atoms with Crippen LogP contribution in [0.3, 0.4) is 0 Å². The van der Waals surface area contributed by atoms with E-state index in [4.69, 9.17) is 9.78 Å². The first-order valence-corrected chi connectivity index (χ1v) is 5.29. The molecule has 5 nitrogen and oxygen atoms in total. The van der Waals surface area contributed by atoms with Crippen LogP contribution >= 0.6 is 0 Å². The number of hydrogen-bond acceptors (Lipinski definition) is 4. The third-order valence-electron chi connectivity index (χ3n) is 2.16. The molecular weight excluding hydrogens is 208 g/mol. The second-order valence-electron chi connectivity index (χ2n) is 3.54. The van der Waals surface area contributed by atoms with Crippen LogP contribution in [0.1, 0.15) is 23.7 Å². The third kappa shape index (κ3) is 3.77. The molecule has 0 fully saturated rings. The summed E-state index contributed by atoms with van der Waals surface area (Å²) < 4.78 is 0. The maximum absolute atomic E-state index is 11.6. The molecule has 0 saturated heterocycles. The van der Waals surface area contributed by atoms with Crippen molar-refractivity contribution in [3.63, 3.8) is 0 Å². The second kappa shape index (κ2) is 6.42. The van der Waals surface area contributed by atoms with E-state index in [0.717, 1.165) is 16.8 Å². The zero-order valence-electron chi connectivity index (χ0n) is 9.92. The zero-order valence-corrected chi connectivity index (χ0v) is 9.92. The average molecular weight is 226 g/mol. The molecule has 0 unspecified atom stereocenters. The summed E-state index contributed by atoms with van der Waals surface area (Å²) in [6.07, 6.45) is 0. The molecule has 0 atom stereocenters. The van der Waals surface area contributed by atoms with Crippen molar-refractivity contribution in [3.8, 4) is 0 Å². The molecule has 0 aromatic carbocycles. The molecule has 0 aliphatic heterocycles. The van der Waals surface area contributed by atoms with E-state index in [1.165, 1.54) is 0 Å². The van der Waals surface area contributed by atoms with Crippen LogP contribution in [0.25, 0.3) is 0 Å². The molecule has 90 valence electrons. The van der Waals surface area contributed by atoms with Gasteiger partial charge in [-0.2, -0.15) is 0 Å². The normalized spacial score (nSPS) is 10.7. The lowest BCUT2D eigenvalue weighted by Gasteiger charge is -2.07. The Balaban J connectivity index is 2.51. The quantitative estimate of drug-likeness (QED) is 0.329. The molecule has 5 heteroatoms. The first kappa shape index (κ1) is 12.9. The van der Waals surface area contributed by atoms with Crippen molar-refractivity contribution >= 4 is 0 Å². The monoisotopic (exact) mass is 226 g/mol. The molecular formula is C11H18N2O3. The first-order valence-electron chi connectivity index (χ1n) is 5.29. The molecule has 0 aliphatic carbocycles. The Hall–Kier alpha value is -1.17. The van der Waals surface area contributed by atoms with Crippen LogP contribution < -0.4 is 10.9 Å². The molecule has 16 heavy (non-hydrogen) atoms. The van der Waals surface area contributed by atoms with E-state index in [0.29, 0.717) is 13.2 Å². The van der Waals surface area contributed by atoms with Gasteiger partial charge in [0.15, 0.2) is 0 Å². The summed E-state index contributed by atoms with van der Waals surface area (Å²) in [5.41, 5.74) is 2.52. The summed E-state index contributed by atoms with van der Waals surface area (Å²) >= 11 is 0. The highest BCUT2D eigenvalue weighted by molar-refractivity contribution is 5.24. The van der Waals surface area contributed by atoms with Gasteiger partial charge in [-0.25, -0.2) is 9.78 Å². The van der Waals surface area contributed by atoms with Crippen molar-refractivity contribution in [3.05, 3.63) is 33.2 Å². The third-order valence-corrected chi connectivity index (χ3v) is 2.16. The summed E-state index contributed by atoms with van der Waals surface area (Å²) in [7, 11) is 0. The first-order chi connectivity index (χ1) is 7.65. The van der Waals surface area contributed by atoms with E-state index in [1.54, 1.807) is 0 Å². The summed E-state index contributed by atoms with van der Waals surface area (Å²) in [6, 6.07) is 1.95. The lowest BCUT2D eigenvalue weighted by Crippen LogP contribution is -2.24. The Kier molecular flexibility index (Phi) is 5.18. The van der Waals surface area contributed by atoms with Gasteiger partial charge in [-0.05, 0) is 32.4 Å². The highest BCUT2D eigenvalue weighted by Crippen LogP contribution is 2.02. The van der Waals surface area contributed by atoms with Gasteiger partial charge in [0.05, 0.1) is 6.61 Å². The number of nitrogens with one attached hydrogen (secondary N) is 2.